The molecule has 0 aliphatic heterocycles. The monoisotopic (exact) mass is 331 g/mol. The van der Waals surface area contributed by atoms with Crippen molar-refractivity contribution in [1.29, 1.82) is 0 Å². The smallest absolute Gasteiger partial charge is 0.214 e. The van der Waals surface area contributed by atoms with E-state index in [1.807, 2.05) is 30.3 Å². The molecule has 0 saturated carbocycles. The Balaban J connectivity index is -0.000000246. The van der Waals surface area contributed by atoms with E-state index < -0.39 is 4.92 Å². The second-order valence-electron chi connectivity index (χ2n) is 2.71. The van der Waals surface area contributed by atoms with Gasteiger partial charge in [-0.3, -0.25) is 10.1 Å². The quantitative estimate of drug-likeness (QED) is 0.201. The fourth-order valence-electron chi connectivity index (χ4n) is 0.889. The molecule has 7 heteroatoms. The van der Waals surface area contributed by atoms with Crippen molar-refractivity contribution in [2.45, 2.75) is 4.90 Å². The van der Waals surface area contributed by atoms with Gasteiger partial charge in [0.15, 0.2) is 0 Å². The van der Waals surface area contributed by atoms with Gasteiger partial charge in [0.1, 0.15) is 0 Å². The van der Waals surface area contributed by atoms with Gasteiger partial charge in [-0.15, -0.1) is 0 Å². The van der Waals surface area contributed by atoms with Crippen LogP contribution in [0.15, 0.2) is 59.5 Å². The molecule has 0 radical (unpaired) electrons. The van der Waals surface area contributed by atoms with Crippen LogP contribution in [0.1, 0.15) is 0 Å². The maximum atomic E-state index is 10.1. The summed E-state index contributed by atoms with van der Waals surface area (Å²) in [6.07, 6.45) is 0. The summed E-state index contributed by atoms with van der Waals surface area (Å²) in [5.74, 6) is 0. The maximum absolute atomic E-state index is 10.1. The Morgan fingerprint density at radius 3 is 1.70 bits per heavy atom. The van der Waals surface area contributed by atoms with Crippen LogP contribution >= 0.6 is 0 Å². The van der Waals surface area contributed by atoms with Crippen molar-refractivity contribution in [3.8, 4) is 0 Å². The van der Waals surface area contributed by atoms with E-state index in [1.54, 1.807) is 0 Å². The third-order valence-electron chi connectivity index (χ3n) is 1.60. The first-order valence-electron chi connectivity index (χ1n) is 4.69. The summed E-state index contributed by atoms with van der Waals surface area (Å²) in [5, 5.41) is 10.1. The summed E-state index contributed by atoms with van der Waals surface area (Å²) >= 11 is 4.74. The van der Waals surface area contributed by atoms with E-state index in [4.69, 9.17) is 21.9 Å². The van der Waals surface area contributed by atoms with E-state index in [9.17, 15) is 10.1 Å². The molecule has 0 unspecified atom stereocenters. The van der Waals surface area contributed by atoms with Gasteiger partial charge in [-0.1, -0.05) is 12.1 Å². The predicted molar refractivity (Wildman–Crippen MR) is 68.6 cm³/mol. The Morgan fingerprint density at radius 2 is 1.45 bits per heavy atom. The second-order valence-corrected chi connectivity index (χ2v) is 3.18. The van der Waals surface area contributed by atoms with Crippen molar-refractivity contribution in [2.24, 2.45) is 0 Å². The normalized spacial score (nSPS) is 6.80. The van der Waals surface area contributed by atoms with Crippen LogP contribution in [0.4, 0.5) is 5.69 Å². The van der Waals surface area contributed by atoms with Crippen LogP contribution in [-0.2, 0) is 39.0 Å². The van der Waals surface area contributed by atoms with Gasteiger partial charge in [0.05, 0.1) is 4.92 Å². The topological polar surface area (TPSA) is 82.9 Å². The number of nitro benzene ring substituents is 1. The summed E-state index contributed by atoms with van der Waals surface area (Å²) in [6.45, 7) is 9.00. The van der Waals surface area contributed by atoms with E-state index in [-0.39, 0.29) is 22.8 Å². The Hall–Kier alpha value is -1.81. The minimum Gasteiger partial charge on any atom is -0.214 e. The van der Waals surface area contributed by atoms with E-state index in [0.717, 1.165) is 0 Å². The van der Waals surface area contributed by atoms with Gasteiger partial charge in [0, 0.05) is 12.1 Å². The molecular weight excluding hydrogens is 322 g/mol. The van der Waals surface area contributed by atoms with Gasteiger partial charge in [-0.25, -0.2) is 12.1 Å². The van der Waals surface area contributed by atoms with Crippen molar-refractivity contribution in [3.63, 3.8) is 0 Å². The number of hydrogen-bond acceptors (Lipinski definition) is 3. The summed E-state index contributed by atoms with van der Waals surface area (Å²) in [7, 11) is 0. The van der Waals surface area contributed by atoms with Crippen molar-refractivity contribution in [2.75, 3.05) is 0 Å². The van der Waals surface area contributed by atoms with Gasteiger partial charge < -0.3 is 12.6 Å². The van der Waals surface area contributed by atoms with E-state index in [1.165, 1.54) is 24.3 Å². The first kappa shape index (κ1) is 23.3. The fraction of sp³-hybridized carbons (Fsp3) is 0. The van der Waals surface area contributed by atoms with Crippen molar-refractivity contribution in [3.05, 3.63) is 78.0 Å². The molecule has 100 valence electrons. The molecule has 20 heavy (non-hydrogen) atoms. The van der Waals surface area contributed by atoms with Gasteiger partial charge in [0.2, 0.25) is 0 Å². The Bertz CT molecular complexity index is 457. The van der Waals surface area contributed by atoms with Crippen LogP contribution in [0, 0.1) is 23.4 Å². The van der Waals surface area contributed by atoms with Crippen molar-refractivity contribution in [1.82, 2.24) is 0 Å². The first-order chi connectivity index (χ1) is 9.20. The summed E-state index contributed by atoms with van der Waals surface area (Å²) < 4.78 is 15.0. The van der Waals surface area contributed by atoms with Gasteiger partial charge >= 0.3 is 39.7 Å². The SMILES string of the molecule is O=[N+]([O-])c1ccc([S-])cc1.[C-]#[O+].[C-]#[O+].[Fe+6].c1cc[cH-]c1. The first-order valence-corrected chi connectivity index (χ1v) is 5.10. The molecule has 5 nitrogen and oxygen atoms in total. The molecule has 0 N–H and O–H groups in total. The summed E-state index contributed by atoms with van der Waals surface area (Å²) in [4.78, 5) is 10.3. The molecule has 0 heterocycles. The van der Waals surface area contributed by atoms with Gasteiger partial charge in [-0.2, -0.15) is 23.1 Å². The van der Waals surface area contributed by atoms with Gasteiger partial charge in [-0.05, 0) is 0 Å². The van der Waals surface area contributed by atoms with E-state index in [2.05, 4.69) is 13.3 Å². The minimum atomic E-state index is -0.450. The molecule has 0 aliphatic carbocycles. The predicted octanol–water partition coefficient (Wildman–Crippen LogP) is 2.83. The molecule has 0 amide bonds. The number of nitrogens with zero attached hydrogens (tertiary/aromatic N) is 1. The molecule has 2 aromatic carbocycles. The Kier molecular flexibility index (Phi) is 20.0. The van der Waals surface area contributed by atoms with Crippen LogP contribution in [0.5, 0.6) is 0 Å². The number of non-ortho nitro benzene ring substituents is 1. The fourth-order valence-corrected chi connectivity index (χ4v) is 1.02. The molecule has 0 saturated heterocycles. The van der Waals surface area contributed by atoms with Crippen LogP contribution in [0.2, 0.25) is 0 Å². The number of rotatable bonds is 1. The standard InChI is InChI=1S/C6H5NO2S.C5H5.2CO.Fe/c8-7(9)5-1-3-6(10)4-2-5;1-2-4-5-3-1;2*1-2;/h1-4,10H;1-5H;;;/q;-1;;;+6/p-1. The third kappa shape index (κ3) is 12.6. The zero-order chi connectivity index (χ0) is 15.1. The molecule has 0 bridgehead atoms. The number of hydrogen-bond donors (Lipinski definition) is 0. The van der Waals surface area contributed by atoms with E-state index in [0.29, 0.717) is 4.90 Å². The van der Waals surface area contributed by atoms with Crippen LogP contribution in [0.25, 0.3) is 0 Å². The van der Waals surface area contributed by atoms with Crippen LogP contribution in [-0.4, -0.2) is 4.92 Å². The molecule has 0 aromatic heterocycles. The molecular formula is C13H9FeNO4S+4. The van der Waals surface area contributed by atoms with Gasteiger partial charge in [0.25, 0.3) is 5.69 Å². The van der Waals surface area contributed by atoms with Crippen LogP contribution in [0.3, 0.4) is 0 Å². The molecule has 0 spiro atoms. The average Bonchev–Trinajstić information content (AvgIpc) is 3.03. The van der Waals surface area contributed by atoms with Crippen molar-refractivity contribution < 1.29 is 31.3 Å². The maximum Gasteiger partial charge on any atom is 6.00 e. The number of benzene rings is 1. The Labute approximate surface area is 132 Å². The van der Waals surface area contributed by atoms with Crippen molar-refractivity contribution >= 4 is 18.3 Å². The second kappa shape index (κ2) is 17.2. The summed E-state index contributed by atoms with van der Waals surface area (Å²) in [5.41, 5.74) is 0.0774. The minimum absolute atomic E-state index is 0. The van der Waals surface area contributed by atoms with Crippen LogP contribution < -0.4 is 0 Å². The summed E-state index contributed by atoms with van der Waals surface area (Å²) in [6, 6.07) is 15.9. The molecule has 2 aromatic rings. The third-order valence-corrected chi connectivity index (χ3v) is 1.88. The molecule has 0 fully saturated rings. The molecule has 0 aliphatic rings. The van der Waals surface area contributed by atoms with E-state index >= 15 is 0 Å². The number of nitro groups is 1. The zero-order valence-corrected chi connectivity index (χ0v) is 12.0. The Morgan fingerprint density at radius 1 is 1.05 bits per heavy atom. The molecule has 0 atom stereocenters. The zero-order valence-electron chi connectivity index (χ0n) is 10.0. The average molecular weight is 331 g/mol. The molecule has 2 rings (SSSR count). The largest absolute Gasteiger partial charge is 6.00 e.